The van der Waals surface area contributed by atoms with E-state index in [-0.39, 0.29) is 0 Å². The lowest BCUT2D eigenvalue weighted by atomic mass is 9.96. The molecule has 0 atom stereocenters. The highest BCUT2D eigenvalue weighted by molar-refractivity contribution is 7.25. The van der Waals surface area contributed by atoms with Crippen molar-refractivity contribution < 1.29 is 0 Å². The normalized spacial score (nSPS) is 11.8. The van der Waals surface area contributed by atoms with Crippen molar-refractivity contribution in [3.8, 4) is 50.6 Å². The lowest BCUT2D eigenvalue weighted by Crippen LogP contribution is -2.03. The quantitative estimate of drug-likeness (QED) is 0.175. The standard InChI is InChI=1S/C54H33N3S/c1-2-11-34(12-3-1)38-13-10-14-41(31-38)53-43-16-4-7-18-47(43)55-54(56-53)57-48-19-8-5-17-44(48)52-45-32-39(26-25-37(45)27-29-49(52)57)35-21-23-36(24-22-35)40-28-30-51-46(33-40)42-15-6-9-20-50(42)58-51/h1-33H. The number of thiophene rings is 1. The van der Waals surface area contributed by atoms with Crippen LogP contribution in [0.4, 0.5) is 0 Å². The Morgan fingerprint density at radius 2 is 0.931 bits per heavy atom. The van der Waals surface area contributed by atoms with Crippen molar-refractivity contribution in [3.63, 3.8) is 0 Å². The molecule has 9 aromatic carbocycles. The van der Waals surface area contributed by atoms with Gasteiger partial charge in [-0.25, -0.2) is 9.97 Å². The van der Waals surface area contributed by atoms with Crippen molar-refractivity contribution in [2.75, 3.05) is 0 Å². The van der Waals surface area contributed by atoms with Crippen molar-refractivity contribution in [1.82, 2.24) is 14.5 Å². The first-order valence-corrected chi connectivity index (χ1v) is 20.5. The molecule has 0 aliphatic heterocycles. The minimum Gasteiger partial charge on any atom is -0.278 e. The lowest BCUT2D eigenvalue weighted by Gasteiger charge is -2.13. The molecule has 270 valence electrons. The second kappa shape index (κ2) is 13.1. The Bertz CT molecular complexity index is 3560. The predicted molar refractivity (Wildman–Crippen MR) is 246 cm³/mol. The average molecular weight is 756 g/mol. The maximum absolute atomic E-state index is 5.41. The first-order chi connectivity index (χ1) is 28.7. The number of hydrogen-bond acceptors (Lipinski definition) is 3. The topological polar surface area (TPSA) is 30.7 Å². The molecule has 0 spiro atoms. The number of para-hydroxylation sites is 2. The maximum Gasteiger partial charge on any atom is 0.235 e. The van der Waals surface area contributed by atoms with Crippen LogP contribution in [-0.2, 0) is 0 Å². The molecular weight excluding hydrogens is 723 g/mol. The molecular formula is C54H33N3S. The van der Waals surface area contributed by atoms with E-state index < -0.39 is 0 Å². The second-order valence-electron chi connectivity index (χ2n) is 15.0. The van der Waals surface area contributed by atoms with Gasteiger partial charge < -0.3 is 0 Å². The fraction of sp³-hybridized carbons (Fsp3) is 0. The van der Waals surface area contributed by atoms with Gasteiger partial charge in [0.05, 0.1) is 22.2 Å². The minimum atomic E-state index is 0.657. The summed E-state index contributed by atoms with van der Waals surface area (Å²) in [5, 5.41) is 8.46. The van der Waals surface area contributed by atoms with Gasteiger partial charge in [0.2, 0.25) is 5.95 Å². The zero-order valence-electron chi connectivity index (χ0n) is 31.3. The highest BCUT2D eigenvalue weighted by Crippen LogP contribution is 2.40. The van der Waals surface area contributed by atoms with Gasteiger partial charge in [-0.1, -0.05) is 152 Å². The summed E-state index contributed by atoms with van der Waals surface area (Å²) in [7, 11) is 0. The fourth-order valence-electron chi connectivity index (χ4n) is 8.80. The van der Waals surface area contributed by atoms with Crippen LogP contribution in [0.25, 0.3) is 114 Å². The van der Waals surface area contributed by atoms with Gasteiger partial charge in [-0.05, 0) is 92.7 Å². The van der Waals surface area contributed by atoms with Crippen LogP contribution in [0.5, 0.6) is 0 Å². The molecule has 0 aliphatic rings. The van der Waals surface area contributed by atoms with Gasteiger partial charge >= 0.3 is 0 Å². The van der Waals surface area contributed by atoms with Gasteiger partial charge in [0, 0.05) is 41.9 Å². The van der Waals surface area contributed by atoms with Gasteiger partial charge in [0.25, 0.3) is 0 Å². The van der Waals surface area contributed by atoms with Crippen LogP contribution in [0.3, 0.4) is 0 Å². The average Bonchev–Trinajstić information content (AvgIpc) is 3.85. The third kappa shape index (κ3) is 5.27. The number of hydrogen-bond donors (Lipinski definition) is 0. The SMILES string of the molecule is c1ccc(-c2cccc(-c3nc(-n4c5ccccc5c5c6cc(-c7ccc(-c8ccc9sc%10ccccc%10c9c8)cc7)ccc6ccc54)nc4ccccc34)c2)cc1. The van der Waals surface area contributed by atoms with Crippen LogP contribution in [0.1, 0.15) is 0 Å². The molecule has 58 heavy (non-hydrogen) atoms. The Hall–Kier alpha value is -7.40. The molecule has 0 unspecified atom stereocenters. The highest BCUT2D eigenvalue weighted by atomic mass is 32.1. The summed E-state index contributed by atoms with van der Waals surface area (Å²) in [5.41, 5.74) is 12.2. The zero-order valence-corrected chi connectivity index (χ0v) is 32.1. The Kier molecular flexibility index (Phi) is 7.40. The summed E-state index contributed by atoms with van der Waals surface area (Å²) in [6.45, 7) is 0. The van der Waals surface area contributed by atoms with Gasteiger partial charge in [-0.15, -0.1) is 11.3 Å². The third-order valence-electron chi connectivity index (χ3n) is 11.6. The molecule has 0 radical (unpaired) electrons. The van der Waals surface area contributed by atoms with E-state index in [0.717, 1.165) is 38.8 Å². The van der Waals surface area contributed by atoms with E-state index in [1.807, 2.05) is 11.3 Å². The van der Waals surface area contributed by atoms with Gasteiger partial charge in [-0.3, -0.25) is 4.57 Å². The summed E-state index contributed by atoms with van der Waals surface area (Å²) in [5.74, 6) is 0.657. The van der Waals surface area contributed by atoms with E-state index >= 15 is 0 Å². The van der Waals surface area contributed by atoms with E-state index in [9.17, 15) is 0 Å². The summed E-state index contributed by atoms with van der Waals surface area (Å²) in [6.07, 6.45) is 0. The number of benzene rings is 9. The summed E-state index contributed by atoms with van der Waals surface area (Å²) in [4.78, 5) is 10.7. The number of nitrogens with zero attached hydrogens (tertiary/aromatic N) is 3. The van der Waals surface area contributed by atoms with Crippen LogP contribution < -0.4 is 0 Å². The van der Waals surface area contributed by atoms with Crippen LogP contribution in [0, 0.1) is 0 Å². The molecule has 3 aromatic heterocycles. The van der Waals surface area contributed by atoms with Crippen molar-refractivity contribution in [1.29, 1.82) is 0 Å². The fourth-order valence-corrected chi connectivity index (χ4v) is 9.89. The summed E-state index contributed by atoms with van der Waals surface area (Å²) in [6, 6.07) is 72.1. The summed E-state index contributed by atoms with van der Waals surface area (Å²) >= 11 is 1.86. The monoisotopic (exact) mass is 755 g/mol. The Morgan fingerprint density at radius 3 is 1.78 bits per heavy atom. The molecule has 0 saturated heterocycles. The molecule has 0 fully saturated rings. The highest BCUT2D eigenvalue weighted by Gasteiger charge is 2.19. The van der Waals surface area contributed by atoms with Gasteiger partial charge in [0.15, 0.2) is 0 Å². The van der Waals surface area contributed by atoms with E-state index in [1.165, 1.54) is 69.5 Å². The molecule has 3 nitrogen and oxygen atoms in total. The van der Waals surface area contributed by atoms with Gasteiger partial charge in [0.1, 0.15) is 0 Å². The molecule has 4 heteroatoms. The van der Waals surface area contributed by atoms with Crippen LogP contribution >= 0.6 is 11.3 Å². The molecule has 0 saturated carbocycles. The molecule has 12 aromatic rings. The first-order valence-electron chi connectivity index (χ1n) is 19.6. The van der Waals surface area contributed by atoms with Crippen molar-refractivity contribution in [2.24, 2.45) is 0 Å². The molecule has 12 rings (SSSR count). The van der Waals surface area contributed by atoms with E-state index in [4.69, 9.17) is 9.97 Å². The molecule has 0 aliphatic carbocycles. The van der Waals surface area contributed by atoms with Crippen LogP contribution in [0.15, 0.2) is 200 Å². The van der Waals surface area contributed by atoms with Gasteiger partial charge in [-0.2, -0.15) is 0 Å². The van der Waals surface area contributed by atoms with E-state index in [0.29, 0.717) is 5.95 Å². The van der Waals surface area contributed by atoms with Crippen molar-refractivity contribution >= 4 is 75.0 Å². The lowest BCUT2D eigenvalue weighted by molar-refractivity contribution is 1.01. The molecule has 0 N–H and O–H groups in total. The van der Waals surface area contributed by atoms with E-state index in [1.54, 1.807) is 0 Å². The smallest absolute Gasteiger partial charge is 0.235 e. The molecule has 0 bridgehead atoms. The van der Waals surface area contributed by atoms with Crippen LogP contribution in [0.2, 0.25) is 0 Å². The van der Waals surface area contributed by atoms with Crippen molar-refractivity contribution in [3.05, 3.63) is 200 Å². The number of fused-ring (bicyclic) bond motifs is 9. The Balaban J connectivity index is 0.993. The maximum atomic E-state index is 5.41. The zero-order chi connectivity index (χ0) is 38.2. The number of rotatable bonds is 5. The van der Waals surface area contributed by atoms with Crippen molar-refractivity contribution in [2.45, 2.75) is 0 Å². The summed E-state index contributed by atoms with van der Waals surface area (Å²) < 4.78 is 4.90. The second-order valence-corrected chi connectivity index (χ2v) is 16.1. The Labute approximate surface area is 338 Å². The Morgan fingerprint density at radius 1 is 0.345 bits per heavy atom. The molecule has 0 amide bonds. The first kappa shape index (κ1) is 32.8. The predicted octanol–water partition coefficient (Wildman–Crippen LogP) is 14.9. The van der Waals surface area contributed by atoms with Crippen LogP contribution in [-0.4, -0.2) is 14.5 Å². The molecule has 3 heterocycles. The third-order valence-corrected chi connectivity index (χ3v) is 12.8. The van der Waals surface area contributed by atoms with E-state index in [2.05, 4.69) is 205 Å². The number of aromatic nitrogens is 3. The minimum absolute atomic E-state index is 0.657. The largest absolute Gasteiger partial charge is 0.278 e.